The Balaban J connectivity index is 1.83. The molecule has 0 aliphatic rings. The van der Waals surface area contributed by atoms with Crippen LogP contribution in [0.4, 0.5) is 0 Å². The predicted octanol–water partition coefficient (Wildman–Crippen LogP) is 0.595. The molecule has 0 amide bonds. The fourth-order valence-corrected chi connectivity index (χ4v) is 1.95. The van der Waals surface area contributed by atoms with E-state index in [0.29, 0.717) is 0 Å². The number of rotatable bonds is 8. The lowest BCUT2D eigenvalue weighted by atomic mass is 10.3. The summed E-state index contributed by atoms with van der Waals surface area (Å²) >= 11 is 0. The highest BCUT2D eigenvalue weighted by molar-refractivity contribution is 4.99. The van der Waals surface area contributed by atoms with E-state index in [-0.39, 0.29) is 0 Å². The summed E-state index contributed by atoms with van der Waals surface area (Å²) < 4.78 is 9.22. The Morgan fingerprint density at radius 2 is 2.32 bits per heavy atom. The summed E-state index contributed by atoms with van der Waals surface area (Å²) in [5, 5.41) is 3.33. The molecule has 2 aromatic rings. The van der Waals surface area contributed by atoms with Gasteiger partial charge in [-0.2, -0.15) is 0 Å². The third-order valence-corrected chi connectivity index (χ3v) is 3.08. The number of hydrogen-bond acceptors (Lipinski definition) is 4. The van der Waals surface area contributed by atoms with E-state index >= 15 is 0 Å². The van der Waals surface area contributed by atoms with Gasteiger partial charge in [-0.15, -0.1) is 0 Å². The molecule has 0 fully saturated rings. The largest absolute Gasteiger partial charge is 0.383 e. The van der Waals surface area contributed by atoms with Crippen LogP contribution in [0.25, 0.3) is 0 Å². The summed E-state index contributed by atoms with van der Waals surface area (Å²) in [5.41, 5.74) is 1.19. The number of aromatic nitrogens is 4. The minimum atomic E-state index is 0.724. The molecule has 0 aliphatic carbocycles. The van der Waals surface area contributed by atoms with E-state index in [9.17, 15) is 0 Å². The summed E-state index contributed by atoms with van der Waals surface area (Å²) in [6.45, 7) is 3.28. The number of nitrogens with one attached hydrogen (secondary N) is 1. The van der Waals surface area contributed by atoms with Gasteiger partial charge in [-0.1, -0.05) is 0 Å². The van der Waals surface area contributed by atoms with E-state index in [1.54, 1.807) is 7.11 Å². The van der Waals surface area contributed by atoms with Crippen LogP contribution in [-0.4, -0.2) is 39.4 Å². The van der Waals surface area contributed by atoms with Crippen LogP contribution in [-0.2, 0) is 31.3 Å². The van der Waals surface area contributed by atoms with E-state index in [1.807, 2.05) is 36.5 Å². The first-order valence-electron chi connectivity index (χ1n) is 6.46. The highest BCUT2D eigenvalue weighted by atomic mass is 16.5. The molecule has 0 saturated carbocycles. The van der Waals surface area contributed by atoms with Crippen LogP contribution in [0.1, 0.15) is 11.5 Å². The summed E-state index contributed by atoms with van der Waals surface area (Å²) in [4.78, 5) is 8.54. The smallest absolute Gasteiger partial charge is 0.110 e. The number of nitrogens with zero attached hydrogens (tertiary/aromatic N) is 4. The average molecular weight is 263 g/mol. The van der Waals surface area contributed by atoms with Gasteiger partial charge in [0.1, 0.15) is 5.82 Å². The van der Waals surface area contributed by atoms with E-state index < -0.39 is 0 Å². The van der Waals surface area contributed by atoms with Gasteiger partial charge in [0.2, 0.25) is 0 Å². The first-order valence-corrected chi connectivity index (χ1v) is 6.46. The summed E-state index contributed by atoms with van der Waals surface area (Å²) in [7, 11) is 3.72. The van der Waals surface area contributed by atoms with Gasteiger partial charge < -0.3 is 19.2 Å². The van der Waals surface area contributed by atoms with E-state index in [1.165, 1.54) is 5.69 Å². The van der Waals surface area contributed by atoms with Crippen LogP contribution in [0.2, 0.25) is 0 Å². The van der Waals surface area contributed by atoms with E-state index in [0.717, 1.165) is 38.5 Å². The summed E-state index contributed by atoms with van der Waals surface area (Å²) in [6.07, 6.45) is 8.48. The minimum absolute atomic E-state index is 0.724. The van der Waals surface area contributed by atoms with Crippen molar-refractivity contribution in [2.75, 3.05) is 20.3 Å². The molecule has 104 valence electrons. The van der Waals surface area contributed by atoms with Crippen LogP contribution in [0.15, 0.2) is 24.9 Å². The third-order valence-electron chi connectivity index (χ3n) is 3.08. The van der Waals surface area contributed by atoms with E-state index in [4.69, 9.17) is 4.74 Å². The maximum Gasteiger partial charge on any atom is 0.110 e. The first-order chi connectivity index (χ1) is 9.31. The number of methoxy groups -OCH3 is 1. The molecule has 6 nitrogen and oxygen atoms in total. The number of aryl methyl sites for hydroxylation is 3. The molecule has 0 atom stereocenters. The molecule has 0 bridgehead atoms. The average Bonchev–Trinajstić information content (AvgIpc) is 3.01. The van der Waals surface area contributed by atoms with Gasteiger partial charge in [0.25, 0.3) is 0 Å². The lowest BCUT2D eigenvalue weighted by molar-refractivity contribution is 0.199. The maximum absolute atomic E-state index is 5.01. The van der Waals surface area contributed by atoms with Crippen molar-refractivity contribution >= 4 is 0 Å². The van der Waals surface area contributed by atoms with Crippen LogP contribution in [0.5, 0.6) is 0 Å². The Hall–Kier alpha value is -1.66. The Morgan fingerprint density at radius 3 is 3.05 bits per heavy atom. The van der Waals surface area contributed by atoms with Gasteiger partial charge in [-0.05, 0) is 0 Å². The van der Waals surface area contributed by atoms with Crippen molar-refractivity contribution in [1.29, 1.82) is 0 Å². The van der Waals surface area contributed by atoms with Gasteiger partial charge in [-0.3, -0.25) is 0 Å². The van der Waals surface area contributed by atoms with Crippen molar-refractivity contribution in [3.05, 3.63) is 36.4 Å². The fourth-order valence-electron chi connectivity index (χ4n) is 1.95. The molecule has 0 aliphatic heterocycles. The summed E-state index contributed by atoms with van der Waals surface area (Å²) in [6, 6.07) is 0. The molecule has 2 aromatic heterocycles. The second kappa shape index (κ2) is 7.06. The molecule has 0 radical (unpaired) electrons. The highest BCUT2D eigenvalue weighted by Gasteiger charge is 2.04. The second-order valence-electron chi connectivity index (χ2n) is 4.45. The van der Waals surface area contributed by atoms with Crippen LogP contribution in [0.3, 0.4) is 0 Å². The molecule has 0 spiro atoms. The second-order valence-corrected chi connectivity index (χ2v) is 4.45. The Kier molecular flexibility index (Phi) is 5.11. The molecule has 1 N–H and O–H groups in total. The Labute approximate surface area is 113 Å². The van der Waals surface area contributed by atoms with E-state index in [2.05, 4.69) is 19.9 Å². The highest BCUT2D eigenvalue weighted by Crippen LogP contribution is 2.03. The third kappa shape index (κ3) is 3.90. The SMILES string of the molecule is COCCNCc1cncn1CCc1nccn1C. The lowest BCUT2D eigenvalue weighted by Gasteiger charge is -2.09. The van der Waals surface area contributed by atoms with Gasteiger partial charge in [0, 0.05) is 58.8 Å². The predicted molar refractivity (Wildman–Crippen MR) is 72.7 cm³/mol. The molecule has 6 heteroatoms. The van der Waals surface area contributed by atoms with Crippen molar-refractivity contribution in [2.24, 2.45) is 7.05 Å². The van der Waals surface area contributed by atoms with Gasteiger partial charge in [0.15, 0.2) is 0 Å². The van der Waals surface area contributed by atoms with Gasteiger partial charge in [0.05, 0.1) is 18.6 Å². The molecule has 0 saturated heterocycles. The van der Waals surface area contributed by atoms with Crippen LogP contribution >= 0.6 is 0 Å². The normalized spacial score (nSPS) is 11.1. The van der Waals surface area contributed by atoms with Crippen LogP contribution < -0.4 is 5.32 Å². The molecule has 2 heterocycles. The van der Waals surface area contributed by atoms with Gasteiger partial charge in [-0.25, -0.2) is 9.97 Å². The molecule has 2 rings (SSSR count). The van der Waals surface area contributed by atoms with Crippen molar-refractivity contribution in [3.63, 3.8) is 0 Å². The van der Waals surface area contributed by atoms with Crippen LogP contribution in [0, 0.1) is 0 Å². The Morgan fingerprint density at radius 1 is 1.42 bits per heavy atom. The standard InChI is InChI=1S/C13H21N5O/c1-17-7-4-16-13(17)3-6-18-11-15-10-12(18)9-14-5-8-19-2/h4,7,10-11,14H,3,5-6,8-9H2,1-2H3. The fraction of sp³-hybridized carbons (Fsp3) is 0.538. The number of ether oxygens (including phenoxy) is 1. The molecule has 19 heavy (non-hydrogen) atoms. The van der Waals surface area contributed by atoms with Gasteiger partial charge >= 0.3 is 0 Å². The number of imidazole rings is 2. The molecule has 0 unspecified atom stereocenters. The van der Waals surface area contributed by atoms with Crippen molar-refractivity contribution < 1.29 is 4.74 Å². The molecular weight excluding hydrogens is 242 g/mol. The zero-order valence-electron chi connectivity index (χ0n) is 11.5. The zero-order valence-corrected chi connectivity index (χ0v) is 11.5. The van der Waals surface area contributed by atoms with Crippen molar-refractivity contribution in [2.45, 2.75) is 19.5 Å². The first kappa shape index (κ1) is 13.8. The quantitative estimate of drug-likeness (QED) is 0.708. The van der Waals surface area contributed by atoms with Crippen molar-refractivity contribution in [1.82, 2.24) is 24.4 Å². The lowest BCUT2D eigenvalue weighted by Crippen LogP contribution is -2.20. The maximum atomic E-state index is 5.01. The Bertz CT molecular complexity index is 491. The molecule has 0 aromatic carbocycles. The summed E-state index contributed by atoms with van der Waals surface area (Å²) in [5.74, 6) is 1.09. The molecular formula is C13H21N5O. The topological polar surface area (TPSA) is 56.9 Å². The van der Waals surface area contributed by atoms with Crippen molar-refractivity contribution in [3.8, 4) is 0 Å². The number of hydrogen-bond donors (Lipinski definition) is 1. The monoisotopic (exact) mass is 263 g/mol. The zero-order chi connectivity index (χ0) is 13.5. The minimum Gasteiger partial charge on any atom is -0.383 e.